The molecule has 0 aromatic heterocycles. The number of rotatable bonds is 5. The highest BCUT2D eigenvalue weighted by Crippen LogP contribution is 2.51. The average molecular weight is 498 g/mol. The van der Waals surface area contributed by atoms with Crippen LogP contribution in [0.5, 0.6) is 0 Å². The maximum atomic E-state index is 13.4. The molecule has 2 aromatic rings. The van der Waals surface area contributed by atoms with Gasteiger partial charge in [-0.25, -0.2) is 0 Å². The van der Waals surface area contributed by atoms with Crippen molar-refractivity contribution in [1.82, 2.24) is 5.32 Å². The van der Waals surface area contributed by atoms with Crippen molar-refractivity contribution in [1.29, 1.82) is 0 Å². The summed E-state index contributed by atoms with van der Waals surface area (Å²) in [5, 5.41) is 14.3. The highest BCUT2D eigenvalue weighted by Gasteiger charge is 2.42. The van der Waals surface area contributed by atoms with E-state index in [9.17, 15) is 35.9 Å². The maximum absolute atomic E-state index is 13.4. The standard InChI is InChI=1S/C24H20F6N2O3/c25-23(26,27)14-8-13(9-15(11-14)24(28,29)30)21-17-3-1-2-16(17)18-10-12(4-5-19(18)32-21)22(35)31-7-6-20(33)34/h1-2,4-5,8-11,16-17,21,32H,3,6-7H2,(H,31,35)(H,33,34). The molecule has 3 N–H and O–H groups in total. The van der Waals surface area contributed by atoms with Crippen LogP contribution in [-0.4, -0.2) is 23.5 Å². The molecule has 1 heterocycles. The Bertz CT molecular complexity index is 1160. The lowest BCUT2D eigenvalue weighted by molar-refractivity contribution is -0.143. The van der Waals surface area contributed by atoms with Gasteiger partial charge in [-0.15, -0.1) is 0 Å². The van der Waals surface area contributed by atoms with Crippen LogP contribution in [-0.2, 0) is 17.1 Å². The molecule has 2 aliphatic rings. The van der Waals surface area contributed by atoms with Crippen LogP contribution < -0.4 is 10.6 Å². The minimum atomic E-state index is -4.95. The maximum Gasteiger partial charge on any atom is 0.416 e. The van der Waals surface area contributed by atoms with Crippen molar-refractivity contribution < 1.29 is 41.0 Å². The number of carboxylic acid groups (broad SMARTS) is 1. The second-order valence-electron chi connectivity index (χ2n) is 8.52. The van der Waals surface area contributed by atoms with Gasteiger partial charge in [0.2, 0.25) is 0 Å². The fourth-order valence-electron chi connectivity index (χ4n) is 4.61. The first kappa shape index (κ1) is 24.6. The van der Waals surface area contributed by atoms with E-state index >= 15 is 0 Å². The van der Waals surface area contributed by atoms with Crippen LogP contribution in [0.1, 0.15) is 57.4 Å². The van der Waals surface area contributed by atoms with E-state index in [4.69, 9.17) is 5.11 Å². The lowest BCUT2D eigenvalue weighted by Gasteiger charge is -2.38. The van der Waals surface area contributed by atoms with Crippen molar-refractivity contribution in [2.24, 2.45) is 5.92 Å². The average Bonchev–Trinajstić information content (AvgIpc) is 3.26. The Hall–Kier alpha value is -3.50. The monoisotopic (exact) mass is 498 g/mol. The van der Waals surface area contributed by atoms with Crippen molar-refractivity contribution in [3.8, 4) is 0 Å². The fraction of sp³-hybridized carbons (Fsp3) is 0.333. The Labute approximate surface area is 195 Å². The summed E-state index contributed by atoms with van der Waals surface area (Å²) >= 11 is 0. The SMILES string of the molecule is O=C(O)CCNC(=O)c1ccc2c(c1)C1C=CCC1C(c1cc(C(F)(F)F)cc(C(F)(F)F)c1)N2. The van der Waals surface area contributed by atoms with Crippen molar-refractivity contribution in [2.45, 2.75) is 37.2 Å². The highest BCUT2D eigenvalue weighted by atomic mass is 19.4. The summed E-state index contributed by atoms with van der Waals surface area (Å²) in [4.78, 5) is 23.0. The van der Waals surface area contributed by atoms with Crippen LogP contribution in [0, 0.1) is 5.92 Å². The first-order chi connectivity index (χ1) is 16.3. The molecule has 4 rings (SSSR count). The van der Waals surface area contributed by atoms with E-state index in [1.54, 1.807) is 12.1 Å². The number of halogens is 6. The summed E-state index contributed by atoms with van der Waals surface area (Å²) in [5.41, 5.74) is -1.40. The summed E-state index contributed by atoms with van der Waals surface area (Å²) in [5.74, 6) is -2.24. The number of benzene rings is 2. The number of nitrogens with one attached hydrogen (secondary N) is 2. The molecule has 1 aliphatic heterocycles. The van der Waals surface area contributed by atoms with Gasteiger partial charge in [0, 0.05) is 23.7 Å². The Morgan fingerprint density at radius 3 is 2.26 bits per heavy atom. The lowest BCUT2D eigenvalue weighted by Crippen LogP contribution is -2.30. The molecule has 35 heavy (non-hydrogen) atoms. The molecule has 0 bridgehead atoms. The number of amides is 1. The topological polar surface area (TPSA) is 78.4 Å². The minimum Gasteiger partial charge on any atom is -0.481 e. The third kappa shape index (κ3) is 5.13. The van der Waals surface area contributed by atoms with E-state index in [0.29, 0.717) is 17.7 Å². The quantitative estimate of drug-likeness (QED) is 0.362. The van der Waals surface area contributed by atoms with E-state index in [2.05, 4.69) is 10.6 Å². The molecule has 186 valence electrons. The van der Waals surface area contributed by atoms with Crippen molar-refractivity contribution >= 4 is 17.6 Å². The zero-order chi connectivity index (χ0) is 25.5. The number of hydrogen-bond acceptors (Lipinski definition) is 3. The molecule has 11 heteroatoms. The van der Waals surface area contributed by atoms with Gasteiger partial charge < -0.3 is 15.7 Å². The number of anilines is 1. The number of fused-ring (bicyclic) bond motifs is 3. The highest BCUT2D eigenvalue weighted by molar-refractivity contribution is 5.95. The Morgan fingerprint density at radius 1 is 1.00 bits per heavy atom. The molecule has 0 radical (unpaired) electrons. The minimum absolute atomic E-state index is 0.0609. The second kappa shape index (κ2) is 8.94. The summed E-state index contributed by atoms with van der Waals surface area (Å²) < 4.78 is 80.4. The molecule has 5 nitrogen and oxygen atoms in total. The third-order valence-electron chi connectivity index (χ3n) is 6.22. The lowest BCUT2D eigenvalue weighted by atomic mass is 9.76. The predicted molar refractivity (Wildman–Crippen MR) is 114 cm³/mol. The molecule has 0 fully saturated rings. The van der Waals surface area contributed by atoms with Crippen molar-refractivity contribution in [3.05, 3.63) is 76.4 Å². The number of carbonyl (C=O) groups excluding carboxylic acids is 1. The van der Waals surface area contributed by atoms with Gasteiger partial charge in [-0.1, -0.05) is 12.2 Å². The third-order valence-corrected chi connectivity index (χ3v) is 6.22. The van der Waals surface area contributed by atoms with E-state index in [-0.39, 0.29) is 42.0 Å². The number of carboxylic acids is 1. The van der Waals surface area contributed by atoms with Gasteiger partial charge in [-0.2, -0.15) is 26.3 Å². The first-order valence-electron chi connectivity index (χ1n) is 10.7. The second-order valence-corrected chi connectivity index (χ2v) is 8.52. The fourth-order valence-corrected chi connectivity index (χ4v) is 4.61. The van der Waals surface area contributed by atoms with Gasteiger partial charge in [-0.05, 0) is 59.9 Å². The van der Waals surface area contributed by atoms with Crippen LogP contribution in [0.4, 0.5) is 32.0 Å². The molecule has 0 saturated carbocycles. The zero-order valence-corrected chi connectivity index (χ0v) is 18.0. The summed E-state index contributed by atoms with van der Waals surface area (Å²) in [6.07, 6.45) is -6.06. The molecule has 0 spiro atoms. The van der Waals surface area contributed by atoms with E-state index in [0.717, 1.165) is 12.1 Å². The first-order valence-corrected chi connectivity index (χ1v) is 10.7. The van der Waals surface area contributed by atoms with Crippen molar-refractivity contribution in [2.75, 3.05) is 11.9 Å². The number of allylic oxidation sites excluding steroid dienone is 2. The number of carbonyl (C=O) groups is 2. The van der Waals surface area contributed by atoms with Gasteiger partial charge in [-0.3, -0.25) is 9.59 Å². The Kier molecular flexibility index (Phi) is 6.29. The Balaban J connectivity index is 1.69. The van der Waals surface area contributed by atoms with Gasteiger partial charge in [0.05, 0.1) is 23.6 Å². The van der Waals surface area contributed by atoms with Crippen LogP contribution in [0.25, 0.3) is 0 Å². The molecule has 0 saturated heterocycles. The summed E-state index contributed by atoms with van der Waals surface area (Å²) in [6.45, 7) is -0.0609. The largest absolute Gasteiger partial charge is 0.481 e. The number of hydrogen-bond donors (Lipinski definition) is 3. The van der Waals surface area contributed by atoms with E-state index in [1.165, 1.54) is 6.07 Å². The van der Waals surface area contributed by atoms with Gasteiger partial charge in [0.1, 0.15) is 0 Å². The zero-order valence-electron chi connectivity index (χ0n) is 18.0. The molecule has 1 aliphatic carbocycles. The number of aliphatic carboxylic acids is 1. The van der Waals surface area contributed by atoms with Crippen LogP contribution in [0.15, 0.2) is 48.6 Å². The molecular formula is C24H20F6N2O3. The summed E-state index contributed by atoms with van der Waals surface area (Å²) in [7, 11) is 0. The molecule has 2 aromatic carbocycles. The van der Waals surface area contributed by atoms with Crippen LogP contribution in [0.2, 0.25) is 0 Å². The van der Waals surface area contributed by atoms with Gasteiger partial charge in [0.25, 0.3) is 5.91 Å². The van der Waals surface area contributed by atoms with E-state index < -0.39 is 41.4 Å². The predicted octanol–water partition coefficient (Wildman–Crippen LogP) is 5.76. The van der Waals surface area contributed by atoms with Crippen LogP contribution >= 0.6 is 0 Å². The van der Waals surface area contributed by atoms with Crippen LogP contribution in [0.3, 0.4) is 0 Å². The molecular weight excluding hydrogens is 478 g/mol. The normalized spacial score (nSPS) is 21.1. The summed E-state index contributed by atoms with van der Waals surface area (Å²) in [6, 6.07) is 5.41. The van der Waals surface area contributed by atoms with E-state index in [1.807, 2.05) is 12.2 Å². The Morgan fingerprint density at radius 2 is 1.66 bits per heavy atom. The smallest absolute Gasteiger partial charge is 0.416 e. The van der Waals surface area contributed by atoms with Gasteiger partial charge >= 0.3 is 18.3 Å². The number of alkyl halides is 6. The molecule has 3 unspecified atom stereocenters. The van der Waals surface area contributed by atoms with Gasteiger partial charge in [0.15, 0.2) is 0 Å². The molecule has 3 atom stereocenters. The molecule has 1 amide bonds. The van der Waals surface area contributed by atoms with Crippen molar-refractivity contribution in [3.63, 3.8) is 0 Å².